The van der Waals surface area contributed by atoms with E-state index in [1.807, 2.05) is 11.6 Å². The Kier molecular flexibility index (Phi) is 16.4. The van der Waals surface area contributed by atoms with E-state index in [2.05, 4.69) is 67.3 Å². The second kappa shape index (κ2) is 22.1. The number of carboxylic acids is 1. The average molecular weight is 803 g/mol. The van der Waals surface area contributed by atoms with E-state index >= 15 is 0 Å². The first kappa shape index (κ1) is 43.1. The predicted octanol–water partition coefficient (Wildman–Crippen LogP) is 5.25. The summed E-state index contributed by atoms with van der Waals surface area (Å²) in [6.07, 6.45) is 5.18. The number of likely N-dealkylation sites (tertiary alicyclic amines) is 1. The summed E-state index contributed by atoms with van der Waals surface area (Å²) in [6, 6.07) is 10.8. The number of azide groups is 1. The number of pyridine rings is 1. The van der Waals surface area contributed by atoms with E-state index in [0.717, 1.165) is 130 Å². The van der Waals surface area contributed by atoms with Crippen molar-refractivity contribution < 1.29 is 28.8 Å². The molecule has 16 heteroatoms. The number of ether oxygens (including phenoxy) is 4. The summed E-state index contributed by atoms with van der Waals surface area (Å²) in [5.74, 6) is 1.49. The van der Waals surface area contributed by atoms with E-state index < -0.39 is 5.97 Å². The van der Waals surface area contributed by atoms with Crippen LogP contribution < -0.4 is 15.0 Å². The summed E-state index contributed by atoms with van der Waals surface area (Å²) in [4.78, 5) is 27.3. The molecule has 0 saturated carbocycles. The molecule has 58 heavy (non-hydrogen) atoms. The number of carboxylic acid groups (broad SMARTS) is 1. The van der Waals surface area contributed by atoms with Crippen LogP contribution >= 0.6 is 0 Å². The zero-order chi connectivity index (χ0) is 40.7. The lowest BCUT2D eigenvalue weighted by atomic mass is 9.93. The van der Waals surface area contributed by atoms with E-state index in [4.69, 9.17) is 34.6 Å². The van der Waals surface area contributed by atoms with Crippen LogP contribution in [0.4, 0.5) is 11.5 Å². The monoisotopic (exact) mass is 802 g/mol. The Morgan fingerprint density at radius 2 is 1.74 bits per heavy atom. The Morgan fingerprint density at radius 1 is 0.983 bits per heavy atom. The number of nitrogens with one attached hydrogen (secondary N) is 1. The van der Waals surface area contributed by atoms with Gasteiger partial charge in [-0.2, -0.15) is 5.10 Å². The van der Waals surface area contributed by atoms with Crippen molar-refractivity contribution in [1.29, 1.82) is 0 Å². The third kappa shape index (κ3) is 12.5. The van der Waals surface area contributed by atoms with Gasteiger partial charge in [-0.05, 0) is 93.8 Å². The van der Waals surface area contributed by atoms with Crippen LogP contribution in [0.3, 0.4) is 0 Å². The van der Waals surface area contributed by atoms with Crippen molar-refractivity contribution in [2.24, 2.45) is 11.0 Å². The van der Waals surface area contributed by atoms with Crippen molar-refractivity contribution in [3.05, 3.63) is 69.0 Å². The fourth-order valence-electron chi connectivity index (χ4n) is 8.41. The molecule has 0 unspecified atom stereocenters. The molecule has 0 spiro atoms. The molecule has 2 atom stereocenters. The summed E-state index contributed by atoms with van der Waals surface area (Å²) >= 11 is 0. The third-order valence-corrected chi connectivity index (χ3v) is 11.4. The first-order valence-electron chi connectivity index (χ1n) is 20.9. The number of anilines is 2. The number of aliphatic carboxylic acids is 1. The molecule has 0 amide bonds. The van der Waals surface area contributed by atoms with Gasteiger partial charge >= 0.3 is 5.97 Å². The minimum atomic E-state index is -0.782. The number of carbonyl (C=O) groups is 1. The summed E-state index contributed by atoms with van der Waals surface area (Å²) in [5.41, 5.74) is 15.6. The fourth-order valence-corrected chi connectivity index (χ4v) is 8.41. The molecule has 0 aliphatic carbocycles. The van der Waals surface area contributed by atoms with Gasteiger partial charge in [-0.1, -0.05) is 5.11 Å². The lowest BCUT2D eigenvalue weighted by Gasteiger charge is -2.36. The first-order chi connectivity index (χ1) is 28.3. The summed E-state index contributed by atoms with van der Waals surface area (Å²) in [6.45, 7) is 15.3. The van der Waals surface area contributed by atoms with Crippen LogP contribution in [0.5, 0.6) is 5.75 Å². The minimum absolute atomic E-state index is 0.0679. The fraction of sp³-hybridized carbons (Fsp3) is 0.643. The Balaban J connectivity index is 1.04. The van der Waals surface area contributed by atoms with Gasteiger partial charge in [0.15, 0.2) is 0 Å². The van der Waals surface area contributed by atoms with Crippen LogP contribution in [0.15, 0.2) is 35.4 Å². The molecule has 5 heterocycles. The molecule has 3 aliphatic rings. The van der Waals surface area contributed by atoms with Crippen LogP contribution in [-0.2, 0) is 31.8 Å². The van der Waals surface area contributed by atoms with Crippen LogP contribution in [0.1, 0.15) is 59.8 Å². The molecule has 1 aromatic carbocycles. The molecule has 3 aliphatic heterocycles. The number of nitrogens with zero attached hydrogens (tertiary/aromatic N) is 9. The molecular weight excluding hydrogens is 741 g/mol. The van der Waals surface area contributed by atoms with Gasteiger partial charge < -0.3 is 39.2 Å². The van der Waals surface area contributed by atoms with E-state index in [1.54, 1.807) is 7.11 Å². The standard InChI is InChI=1S/C42H62N10O6/c1-31-23-32(2)52(47-31)38-25-34(24-37(28-38)51-14-12-49(13-15-51)16-18-57-20-22-58-21-19-56-17-10-45-48-43)35(26-41(53)54)30-50-11-8-33(29-50)6-7-36-27-40(55-3)39-5-4-9-44-42(39)46-36/h23-25,27-28,33,35H,4-22,26,29-30H2,1-3H3,(H,44,46)(H,53,54)/t33-,35-/m1/s1. The van der Waals surface area contributed by atoms with Gasteiger partial charge in [0.05, 0.1) is 64.6 Å². The highest BCUT2D eigenvalue weighted by molar-refractivity contribution is 5.69. The van der Waals surface area contributed by atoms with Crippen LogP contribution in [-0.4, -0.2) is 148 Å². The number of aromatic nitrogens is 3. The number of fused-ring (bicyclic) bond motifs is 1. The Labute approximate surface area is 342 Å². The van der Waals surface area contributed by atoms with E-state index in [9.17, 15) is 9.90 Å². The Bertz CT molecular complexity index is 1810. The minimum Gasteiger partial charge on any atom is -0.496 e. The van der Waals surface area contributed by atoms with Crippen molar-refractivity contribution in [2.45, 2.75) is 58.3 Å². The van der Waals surface area contributed by atoms with Gasteiger partial charge in [0, 0.05) is 98.4 Å². The maximum absolute atomic E-state index is 12.4. The molecule has 0 bridgehead atoms. The highest BCUT2D eigenvalue weighted by Gasteiger charge is 2.28. The van der Waals surface area contributed by atoms with Gasteiger partial charge in [-0.3, -0.25) is 9.69 Å². The SMILES string of the molecule is COc1cc(CC[C@@H]2CCN(C[C@@H](CC(=O)O)c3cc(N4CCN(CCOCCOCCOCCN=[N+]=[N-])CC4)cc(-n4nc(C)cc4C)c3)C2)nc2c1CCCN2. The largest absolute Gasteiger partial charge is 0.496 e. The van der Waals surface area contributed by atoms with Crippen molar-refractivity contribution >= 4 is 17.5 Å². The van der Waals surface area contributed by atoms with Gasteiger partial charge in [0.2, 0.25) is 0 Å². The molecule has 2 aromatic heterocycles. The number of hydrogen-bond acceptors (Lipinski definition) is 12. The number of rotatable bonds is 23. The lowest BCUT2D eigenvalue weighted by molar-refractivity contribution is -0.137. The van der Waals surface area contributed by atoms with Gasteiger partial charge in [-0.25, -0.2) is 9.67 Å². The second-order valence-electron chi connectivity index (χ2n) is 15.7. The second-order valence-corrected chi connectivity index (χ2v) is 15.7. The van der Waals surface area contributed by atoms with Gasteiger partial charge in [0.1, 0.15) is 11.6 Å². The quantitative estimate of drug-likeness (QED) is 0.0553. The first-order valence-corrected chi connectivity index (χ1v) is 20.9. The number of hydrogen-bond donors (Lipinski definition) is 2. The maximum Gasteiger partial charge on any atom is 0.304 e. The Hall–Kier alpha value is -4.44. The van der Waals surface area contributed by atoms with Crippen LogP contribution in [0, 0.1) is 19.8 Å². The Morgan fingerprint density at radius 3 is 2.47 bits per heavy atom. The normalized spacial score (nSPS) is 17.8. The zero-order valence-corrected chi connectivity index (χ0v) is 34.6. The molecule has 2 N–H and O–H groups in total. The molecule has 16 nitrogen and oxygen atoms in total. The molecular formula is C42H62N10O6. The number of methoxy groups -OCH3 is 1. The highest BCUT2D eigenvalue weighted by atomic mass is 16.5. The molecule has 2 saturated heterocycles. The highest BCUT2D eigenvalue weighted by Crippen LogP contribution is 2.34. The van der Waals surface area contributed by atoms with Gasteiger partial charge in [0.25, 0.3) is 0 Å². The molecule has 3 aromatic rings. The lowest BCUT2D eigenvalue weighted by Crippen LogP contribution is -2.47. The smallest absolute Gasteiger partial charge is 0.304 e. The maximum atomic E-state index is 12.4. The molecule has 2 fully saturated rings. The summed E-state index contributed by atoms with van der Waals surface area (Å²) < 4.78 is 24.5. The van der Waals surface area contributed by atoms with E-state index in [0.29, 0.717) is 58.6 Å². The van der Waals surface area contributed by atoms with E-state index in [-0.39, 0.29) is 12.3 Å². The van der Waals surface area contributed by atoms with Crippen molar-refractivity contribution in [3.8, 4) is 11.4 Å². The van der Waals surface area contributed by atoms with Crippen LogP contribution in [0.25, 0.3) is 16.1 Å². The molecule has 0 radical (unpaired) electrons. The number of piperazine rings is 1. The summed E-state index contributed by atoms with van der Waals surface area (Å²) in [5, 5.41) is 21.9. The molecule has 316 valence electrons. The van der Waals surface area contributed by atoms with Crippen molar-refractivity contribution in [3.63, 3.8) is 0 Å². The van der Waals surface area contributed by atoms with Crippen molar-refractivity contribution in [1.82, 2.24) is 24.6 Å². The summed E-state index contributed by atoms with van der Waals surface area (Å²) in [7, 11) is 1.74. The average Bonchev–Trinajstić information content (AvgIpc) is 3.83. The number of aryl methyl sites for hydroxylation is 3. The third-order valence-electron chi connectivity index (χ3n) is 11.4. The predicted molar refractivity (Wildman–Crippen MR) is 224 cm³/mol. The van der Waals surface area contributed by atoms with Gasteiger partial charge in [-0.15, -0.1) is 0 Å². The van der Waals surface area contributed by atoms with E-state index in [1.165, 1.54) is 5.56 Å². The molecule has 6 rings (SSSR count). The van der Waals surface area contributed by atoms with Crippen molar-refractivity contribution in [2.75, 3.05) is 122 Å². The zero-order valence-electron chi connectivity index (χ0n) is 34.6. The number of benzene rings is 1. The topological polar surface area (TPSA) is 175 Å². The van der Waals surface area contributed by atoms with Crippen LogP contribution in [0.2, 0.25) is 0 Å².